The van der Waals surface area contributed by atoms with Gasteiger partial charge in [-0.05, 0) is 56.0 Å². The van der Waals surface area contributed by atoms with Crippen molar-refractivity contribution in [3.63, 3.8) is 0 Å². The van der Waals surface area contributed by atoms with E-state index in [1.165, 1.54) is 29.1 Å². The summed E-state index contributed by atoms with van der Waals surface area (Å²) < 4.78 is 6.08. The average molecular weight is 439 g/mol. The van der Waals surface area contributed by atoms with Crippen LogP contribution < -0.4 is 0 Å². The molecule has 0 spiro atoms. The van der Waals surface area contributed by atoms with E-state index >= 15 is 0 Å². The molecule has 0 fully saturated rings. The molecule has 0 amide bonds. The normalized spacial score (nSPS) is 16.4. The molecule has 5 heteroatoms. The number of carbonyl (C=O) groups is 1. The fourth-order valence-electron chi connectivity index (χ4n) is 3.11. The van der Waals surface area contributed by atoms with Crippen molar-refractivity contribution in [3.05, 3.63) is 34.3 Å². The number of imidazole rings is 1. The van der Waals surface area contributed by atoms with Crippen molar-refractivity contribution in [1.29, 1.82) is 0 Å². The lowest BCUT2D eigenvalue weighted by Gasteiger charge is -2.19. The van der Waals surface area contributed by atoms with Crippen molar-refractivity contribution in [2.75, 3.05) is 0 Å². The molecule has 0 aromatic carbocycles. The summed E-state index contributed by atoms with van der Waals surface area (Å²) in [5.41, 5.74) is 2.22. The van der Waals surface area contributed by atoms with Gasteiger partial charge >= 0.3 is 5.97 Å². The Morgan fingerprint density at radius 3 is 2.33 bits per heavy atom. The first kappa shape index (κ1) is 23.7. The Morgan fingerprint density at radius 2 is 1.93 bits per heavy atom. The summed E-state index contributed by atoms with van der Waals surface area (Å²) in [6.07, 6.45) is 10.8. The predicted molar refractivity (Wildman–Crippen MR) is 117 cm³/mol. The molecule has 2 unspecified atom stereocenters. The number of ether oxygens (including phenoxy) is 1. The van der Waals surface area contributed by atoms with Gasteiger partial charge in [0.1, 0.15) is 11.4 Å². The van der Waals surface area contributed by atoms with E-state index in [1.54, 1.807) is 0 Å². The lowest BCUT2D eigenvalue weighted by molar-refractivity contribution is -0.151. The summed E-state index contributed by atoms with van der Waals surface area (Å²) >= 11 is 3.55. The first-order valence-corrected chi connectivity index (χ1v) is 10.7. The highest BCUT2D eigenvalue weighted by atomic mass is 79.9. The molecule has 1 aliphatic rings. The van der Waals surface area contributed by atoms with Crippen LogP contribution in [0.1, 0.15) is 91.6 Å². The Labute approximate surface area is 173 Å². The molecule has 0 saturated heterocycles. The van der Waals surface area contributed by atoms with Crippen LogP contribution in [0.4, 0.5) is 0 Å². The largest absolute Gasteiger partial charge is 0.460 e. The second-order valence-corrected chi connectivity index (χ2v) is 9.11. The average Bonchev–Trinajstić information content (AvgIpc) is 3.04. The minimum Gasteiger partial charge on any atom is -0.460 e. The molecular weight excluding hydrogens is 404 g/mol. The highest BCUT2D eigenvalue weighted by Crippen LogP contribution is 2.31. The van der Waals surface area contributed by atoms with Crippen molar-refractivity contribution in [1.82, 2.24) is 9.97 Å². The van der Waals surface area contributed by atoms with Crippen LogP contribution in [-0.2, 0) is 9.53 Å². The SMILES string of the molecule is CC(=O)OC(C)(C)C.CCC(C)C(CC)c1ncc(C2=CC=C(Br)CC2)[nH]1. The number of rotatable bonds is 5. The van der Waals surface area contributed by atoms with Gasteiger partial charge in [-0.2, -0.15) is 0 Å². The fraction of sp³-hybridized carbons (Fsp3) is 0.636. The van der Waals surface area contributed by atoms with Gasteiger partial charge in [-0.25, -0.2) is 4.98 Å². The van der Waals surface area contributed by atoms with E-state index in [0.717, 1.165) is 25.1 Å². The number of hydrogen-bond acceptors (Lipinski definition) is 3. The van der Waals surface area contributed by atoms with Crippen molar-refractivity contribution < 1.29 is 9.53 Å². The zero-order valence-electron chi connectivity index (χ0n) is 17.9. The summed E-state index contributed by atoms with van der Waals surface area (Å²) in [6.45, 7) is 13.8. The van der Waals surface area contributed by atoms with Gasteiger partial charge in [0, 0.05) is 12.8 Å². The van der Waals surface area contributed by atoms with Crippen LogP contribution in [0.25, 0.3) is 5.57 Å². The number of nitrogens with zero attached hydrogens (tertiary/aromatic N) is 1. The maximum atomic E-state index is 10.2. The molecule has 0 radical (unpaired) electrons. The summed E-state index contributed by atoms with van der Waals surface area (Å²) in [4.78, 5) is 18.4. The van der Waals surface area contributed by atoms with Crippen molar-refractivity contribution in [2.24, 2.45) is 5.92 Å². The third-order valence-corrected chi connectivity index (χ3v) is 5.27. The van der Waals surface area contributed by atoms with Crippen LogP contribution in [0, 0.1) is 5.92 Å². The Hall–Kier alpha value is -1.36. The molecule has 4 nitrogen and oxygen atoms in total. The second-order valence-electron chi connectivity index (χ2n) is 8.09. The van der Waals surface area contributed by atoms with Gasteiger partial charge in [0.25, 0.3) is 0 Å². The van der Waals surface area contributed by atoms with Gasteiger partial charge in [-0.15, -0.1) is 0 Å². The number of nitrogens with one attached hydrogen (secondary N) is 1. The fourth-order valence-corrected chi connectivity index (χ4v) is 3.44. The van der Waals surface area contributed by atoms with Crippen LogP contribution in [0.15, 0.2) is 22.8 Å². The molecule has 1 aromatic rings. The first-order valence-electron chi connectivity index (χ1n) is 9.87. The van der Waals surface area contributed by atoms with E-state index in [4.69, 9.17) is 4.74 Å². The number of hydrogen-bond donors (Lipinski definition) is 1. The zero-order chi connectivity index (χ0) is 20.6. The van der Waals surface area contributed by atoms with Crippen molar-refractivity contribution in [2.45, 2.75) is 85.7 Å². The third-order valence-electron chi connectivity index (χ3n) is 4.61. The minimum absolute atomic E-state index is 0.225. The number of H-pyrrole nitrogens is 1. The minimum atomic E-state index is -0.328. The van der Waals surface area contributed by atoms with Gasteiger partial charge in [0.2, 0.25) is 0 Å². The summed E-state index contributed by atoms with van der Waals surface area (Å²) in [5.74, 6) is 2.16. The Morgan fingerprint density at radius 1 is 1.26 bits per heavy atom. The lowest BCUT2D eigenvalue weighted by Crippen LogP contribution is -2.21. The monoisotopic (exact) mass is 438 g/mol. The Balaban J connectivity index is 0.000000387. The lowest BCUT2D eigenvalue weighted by atomic mass is 9.89. The van der Waals surface area contributed by atoms with Crippen LogP contribution in [0.5, 0.6) is 0 Å². The topological polar surface area (TPSA) is 55.0 Å². The highest BCUT2D eigenvalue weighted by Gasteiger charge is 2.20. The first-order chi connectivity index (χ1) is 12.6. The van der Waals surface area contributed by atoms with Crippen LogP contribution in [-0.4, -0.2) is 21.5 Å². The summed E-state index contributed by atoms with van der Waals surface area (Å²) in [5, 5.41) is 0. The van der Waals surface area contributed by atoms with Gasteiger partial charge in [-0.3, -0.25) is 4.79 Å². The molecule has 1 aromatic heterocycles. The molecule has 0 aliphatic heterocycles. The van der Waals surface area contributed by atoms with Crippen molar-refractivity contribution in [3.8, 4) is 0 Å². The summed E-state index contributed by atoms with van der Waals surface area (Å²) in [7, 11) is 0. The molecule has 0 bridgehead atoms. The van der Waals surface area contributed by atoms with Crippen LogP contribution in [0.2, 0.25) is 0 Å². The smallest absolute Gasteiger partial charge is 0.303 e. The summed E-state index contributed by atoms with van der Waals surface area (Å²) in [6, 6.07) is 0. The van der Waals surface area contributed by atoms with E-state index in [-0.39, 0.29) is 11.6 Å². The molecular formula is C22H35BrN2O2. The van der Waals surface area contributed by atoms with Gasteiger partial charge in [-0.1, -0.05) is 55.3 Å². The second kappa shape index (κ2) is 10.8. The molecule has 2 atom stereocenters. The van der Waals surface area contributed by atoms with Crippen molar-refractivity contribution >= 4 is 27.5 Å². The molecule has 1 heterocycles. The Kier molecular flexibility index (Phi) is 9.51. The molecule has 1 aliphatic carbocycles. The molecule has 27 heavy (non-hydrogen) atoms. The van der Waals surface area contributed by atoms with Gasteiger partial charge < -0.3 is 9.72 Å². The molecule has 1 N–H and O–H groups in total. The number of aromatic amines is 1. The van der Waals surface area contributed by atoms with E-state index in [1.807, 2.05) is 27.0 Å². The standard InChI is InChI=1S/C16H23BrN2.C6H12O2/c1-4-11(3)14(5-2)16-18-10-15(19-16)12-6-8-13(17)9-7-12;1-5(7)8-6(2,3)4/h6,8,10-11,14H,4-5,7,9H2,1-3H3,(H,18,19);1-4H3. The molecule has 2 rings (SSSR count). The number of aromatic nitrogens is 2. The maximum absolute atomic E-state index is 10.2. The molecule has 0 saturated carbocycles. The molecule has 152 valence electrons. The predicted octanol–water partition coefficient (Wildman–Crippen LogP) is 6.75. The number of carbonyl (C=O) groups excluding carboxylic acids is 1. The van der Waals surface area contributed by atoms with Crippen LogP contribution in [0.3, 0.4) is 0 Å². The maximum Gasteiger partial charge on any atom is 0.303 e. The third kappa shape index (κ3) is 8.46. The Bertz CT molecular complexity index is 668. The highest BCUT2D eigenvalue weighted by molar-refractivity contribution is 9.11. The van der Waals surface area contributed by atoms with E-state index in [9.17, 15) is 4.79 Å². The van der Waals surface area contributed by atoms with Gasteiger partial charge in [0.15, 0.2) is 0 Å². The number of esters is 1. The number of halogens is 1. The van der Waals surface area contributed by atoms with E-state index in [2.05, 4.69) is 58.8 Å². The zero-order valence-corrected chi connectivity index (χ0v) is 19.4. The van der Waals surface area contributed by atoms with Crippen LogP contribution >= 0.6 is 15.9 Å². The van der Waals surface area contributed by atoms with E-state index < -0.39 is 0 Å². The van der Waals surface area contributed by atoms with Gasteiger partial charge in [0.05, 0.1) is 11.9 Å². The van der Waals surface area contributed by atoms with E-state index in [0.29, 0.717) is 11.8 Å². The quantitative estimate of drug-likeness (QED) is 0.516. The number of allylic oxidation sites excluding steroid dienone is 4.